The Hall–Kier alpha value is -5.71. The van der Waals surface area contributed by atoms with Crippen molar-refractivity contribution in [2.75, 3.05) is 66.0 Å². The number of aromatic amines is 1. The summed E-state index contributed by atoms with van der Waals surface area (Å²) < 4.78 is 29.2. The van der Waals surface area contributed by atoms with Gasteiger partial charge in [0.1, 0.15) is 17.4 Å². The third-order valence-electron chi connectivity index (χ3n) is 16.7. The number of rotatable bonds is 9. The third kappa shape index (κ3) is 5.89. The Bertz CT molecular complexity index is 2650. The summed E-state index contributed by atoms with van der Waals surface area (Å²) in [6.45, 7) is 8.58. The number of benzene rings is 2. The molecule has 1 aliphatic carbocycles. The van der Waals surface area contributed by atoms with E-state index in [9.17, 15) is 19.5 Å². The van der Waals surface area contributed by atoms with E-state index in [4.69, 9.17) is 23.5 Å². The zero-order valence-electron chi connectivity index (χ0n) is 38.8. The van der Waals surface area contributed by atoms with Crippen LogP contribution < -0.4 is 15.0 Å². The summed E-state index contributed by atoms with van der Waals surface area (Å²) >= 11 is 0. The first kappa shape index (κ1) is 44.1. The minimum atomic E-state index is -2.33. The van der Waals surface area contributed by atoms with E-state index in [0.717, 1.165) is 33.4 Å². The lowest BCUT2D eigenvalue weighted by atomic mass is 9.47. The molecule has 3 N–H and O–H groups in total. The van der Waals surface area contributed by atoms with Gasteiger partial charge in [0.05, 0.1) is 32.9 Å². The highest BCUT2D eigenvalue weighted by atomic mass is 16.6. The number of carbonyl (C=O) groups excluding carboxylic acids is 4. The van der Waals surface area contributed by atoms with Gasteiger partial charge in [0.25, 0.3) is 5.91 Å². The minimum Gasteiger partial charge on any atom is -0.496 e. The molecule has 7 heterocycles. The van der Waals surface area contributed by atoms with Crippen LogP contribution >= 0.6 is 0 Å². The largest absolute Gasteiger partial charge is 0.496 e. The molecule has 2 bridgehead atoms. The lowest BCUT2D eigenvalue weighted by molar-refractivity contribution is -0.228. The molecule has 2 aromatic heterocycles. The van der Waals surface area contributed by atoms with Gasteiger partial charge in [-0.1, -0.05) is 49.4 Å². The molecule has 10 rings (SSSR count). The fraction of sp³-hybridized carbons (Fsp3) is 0.540. The Kier molecular flexibility index (Phi) is 10.5. The zero-order chi connectivity index (χ0) is 46.6. The van der Waals surface area contributed by atoms with Crippen LogP contribution in [0.5, 0.6) is 5.75 Å². The number of H-pyrrole nitrogens is 1. The van der Waals surface area contributed by atoms with E-state index in [1.165, 1.54) is 27.4 Å². The summed E-state index contributed by atoms with van der Waals surface area (Å²) in [5, 5.41) is 21.7. The van der Waals surface area contributed by atoms with Crippen molar-refractivity contribution in [3.63, 3.8) is 0 Å². The van der Waals surface area contributed by atoms with Gasteiger partial charge in [-0.3, -0.25) is 19.3 Å². The Morgan fingerprint density at radius 2 is 1.77 bits per heavy atom. The number of nitrogens with one attached hydrogen (secondary N) is 2. The van der Waals surface area contributed by atoms with E-state index < -0.39 is 57.4 Å². The Morgan fingerprint density at radius 3 is 2.47 bits per heavy atom. The monoisotopic (exact) mass is 904 g/mol. The molecule has 350 valence electrons. The highest BCUT2D eigenvalue weighted by molar-refractivity contribution is 5.95. The molecule has 0 radical (unpaired) electrons. The summed E-state index contributed by atoms with van der Waals surface area (Å²) in [4.78, 5) is 67.5. The Labute approximate surface area is 383 Å². The quantitative estimate of drug-likeness (QED) is 0.122. The van der Waals surface area contributed by atoms with E-state index in [0.29, 0.717) is 76.1 Å². The van der Waals surface area contributed by atoms with Crippen molar-refractivity contribution in [2.24, 2.45) is 11.3 Å². The maximum atomic E-state index is 15.6. The number of amides is 1. The minimum absolute atomic E-state index is 0.152. The summed E-state index contributed by atoms with van der Waals surface area (Å²) in [5.41, 5.74) is -1.50. The van der Waals surface area contributed by atoms with Crippen LogP contribution in [0.25, 0.3) is 10.9 Å². The fourth-order valence-electron chi connectivity index (χ4n) is 14.3. The molecule has 10 atom stereocenters. The van der Waals surface area contributed by atoms with Gasteiger partial charge < -0.3 is 48.7 Å². The van der Waals surface area contributed by atoms with E-state index in [2.05, 4.69) is 44.3 Å². The van der Waals surface area contributed by atoms with Crippen molar-refractivity contribution in [1.82, 2.24) is 25.3 Å². The van der Waals surface area contributed by atoms with E-state index >= 15 is 4.79 Å². The Balaban J connectivity index is 1.23. The smallest absolute Gasteiger partial charge is 0.344 e. The van der Waals surface area contributed by atoms with Crippen LogP contribution in [-0.2, 0) is 45.8 Å². The van der Waals surface area contributed by atoms with Crippen molar-refractivity contribution in [2.45, 2.75) is 99.5 Å². The van der Waals surface area contributed by atoms with Crippen molar-refractivity contribution in [1.29, 1.82) is 0 Å². The van der Waals surface area contributed by atoms with Gasteiger partial charge in [0.2, 0.25) is 5.60 Å². The highest BCUT2D eigenvalue weighted by Crippen LogP contribution is 2.68. The first-order valence-corrected chi connectivity index (χ1v) is 23.2. The number of aliphatic hydroxyl groups is 1. The van der Waals surface area contributed by atoms with Crippen LogP contribution in [0.3, 0.4) is 0 Å². The molecular formula is C50H60N6O10. The number of carbonyl (C=O) groups is 4. The van der Waals surface area contributed by atoms with Crippen LogP contribution in [0.4, 0.5) is 5.69 Å². The van der Waals surface area contributed by atoms with Gasteiger partial charge in [0, 0.05) is 97.0 Å². The summed E-state index contributed by atoms with van der Waals surface area (Å²) in [5.74, 6) is -2.03. The molecule has 16 nitrogen and oxygen atoms in total. The van der Waals surface area contributed by atoms with Crippen LogP contribution in [0.2, 0.25) is 0 Å². The van der Waals surface area contributed by atoms with E-state index in [1.807, 2.05) is 55.3 Å². The van der Waals surface area contributed by atoms with Gasteiger partial charge in [0.15, 0.2) is 11.8 Å². The summed E-state index contributed by atoms with van der Waals surface area (Å²) in [7, 11) is 6.12. The first-order valence-electron chi connectivity index (χ1n) is 23.2. The van der Waals surface area contributed by atoms with Gasteiger partial charge >= 0.3 is 17.9 Å². The lowest BCUT2D eigenvalue weighted by Gasteiger charge is -2.63. The maximum absolute atomic E-state index is 15.6. The number of para-hydroxylation sites is 1. The van der Waals surface area contributed by atoms with Crippen molar-refractivity contribution < 1.29 is 47.8 Å². The molecular weight excluding hydrogens is 845 g/mol. The standard InChI is InChI=1S/C50H60N6O10/c1-8-46(52-40(58)36-16-22-65-53-36)25-30-26-49(44(59)63-6,39-32(15-20-55(27-30)28-46)31-13-10-11-14-35(31)51-39)34-23-33-37(24-38(34)62-5)54(4)42-48(33)18-21-56-19-12-17-47(9-2,41(48)56)43(66-29(3)57)50(42,61)45(60)64-7/h10-14,16-17,22-24,30,41-43,51,61H,8-9,15,18-21,25-28H2,1-7H3,(H,52,58)/t30-,41+,42-,43-,46+,47-,48-,49+,50+/m1/s1. The first-order chi connectivity index (χ1) is 31.7. The fourth-order valence-corrected chi connectivity index (χ4v) is 14.3. The number of ether oxygens (including phenoxy) is 4. The molecule has 6 aliphatic rings. The number of hydrogen-bond acceptors (Lipinski definition) is 14. The molecule has 1 unspecified atom stereocenters. The predicted molar refractivity (Wildman–Crippen MR) is 242 cm³/mol. The number of aromatic nitrogens is 2. The molecule has 3 fully saturated rings. The lowest BCUT2D eigenvalue weighted by Crippen LogP contribution is -2.81. The van der Waals surface area contributed by atoms with Crippen LogP contribution in [0, 0.1) is 11.3 Å². The molecule has 1 spiro atoms. The second-order valence-corrected chi connectivity index (χ2v) is 19.6. The molecule has 2 saturated heterocycles. The van der Waals surface area contributed by atoms with Crippen LogP contribution in [0.1, 0.15) is 85.7 Å². The normalized spacial score (nSPS) is 34.2. The molecule has 16 heteroatoms. The van der Waals surface area contributed by atoms with Crippen molar-refractivity contribution in [3.8, 4) is 5.75 Å². The molecule has 2 aromatic carbocycles. The molecule has 5 aliphatic heterocycles. The van der Waals surface area contributed by atoms with Crippen molar-refractivity contribution >= 4 is 40.4 Å². The molecule has 1 saturated carbocycles. The highest BCUT2D eigenvalue weighted by Gasteiger charge is 2.80. The molecule has 1 amide bonds. The second kappa shape index (κ2) is 15.7. The third-order valence-corrected chi connectivity index (χ3v) is 16.7. The van der Waals surface area contributed by atoms with E-state index in [1.54, 1.807) is 13.2 Å². The topological polar surface area (TPSA) is 189 Å². The second-order valence-electron chi connectivity index (χ2n) is 19.6. The zero-order valence-corrected chi connectivity index (χ0v) is 38.8. The van der Waals surface area contributed by atoms with Gasteiger partial charge in [-0.2, -0.15) is 0 Å². The number of methoxy groups -OCH3 is 3. The number of fused-ring (bicyclic) bond motifs is 6. The number of likely N-dealkylation sites (N-methyl/N-ethyl adjacent to an activating group) is 1. The van der Waals surface area contributed by atoms with E-state index in [-0.39, 0.29) is 30.0 Å². The number of piperidine rings is 1. The number of hydrogen-bond donors (Lipinski definition) is 3. The SMILES string of the molecule is CC[C@]1(NC(=O)c2ccon2)C[C@H]2CN(CCc3c([nH]c4ccccc34)[C@@](C(=O)OC)(c3cc4c(cc3OC)N(C)[C@H]3[C@@](O)(C(=O)OC)[C@H](OC(C)=O)[C@]5(CC)C=CCN6CC[C@]43[C@@H]65)C2)C1. The average Bonchev–Trinajstić information content (AvgIpc) is 4.13. The van der Waals surface area contributed by atoms with Crippen LogP contribution in [0.15, 0.2) is 65.4 Å². The number of anilines is 1. The predicted octanol–water partition coefficient (Wildman–Crippen LogP) is 4.42. The average molecular weight is 905 g/mol. The van der Waals surface area contributed by atoms with Gasteiger partial charge in [-0.15, -0.1) is 0 Å². The maximum Gasteiger partial charge on any atom is 0.344 e. The number of esters is 3. The summed E-state index contributed by atoms with van der Waals surface area (Å²) in [6, 6.07) is 12.4. The van der Waals surface area contributed by atoms with Crippen molar-refractivity contribution in [3.05, 3.63) is 89.0 Å². The summed E-state index contributed by atoms with van der Waals surface area (Å²) in [6.07, 6.45) is 7.24. The van der Waals surface area contributed by atoms with Gasteiger partial charge in [-0.25, -0.2) is 4.79 Å². The number of nitrogens with zero attached hydrogens (tertiary/aromatic N) is 4. The molecule has 66 heavy (non-hydrogen) atoms. The molecule has 4 aromatic rings. The van der Waals surface area contributed by atoms with Gasteiger partial charge in [-0.05, 0) is 74.2 Å². The Morgan fingerprint density at radius 1 is 0.985 bits per heavy atom. The van der Waals surface area contributed by atoms with Crippen LogP contribution in [-0.4, -0.2) is 139 Å².